The van der Waals surface area contributed by atoms with Crippen LogP contribution in [-0.2, 0) is 13.0 Å². The van der Waals surface area contributed by atoms with Crippen LogP contribution in [0.5, 0.6) is 0 Å². The van der Waals surface area contributed by atoms with Crippen LogP contribution in [0.2, 0.25) is 0 Å². The van der Waals surface area contributed by atoms with Crippen LogP contribution in [0.4, 0.5) is 16.3 Å². The molecule has 0 saturated carbocycles. The van der Waals surface area contributed by atoms with Gasteiger partial charge in [0.1, 0.15) is 5.82 Å². The predicted molar refractivity (Wildman–Crippen MR) is 135 cm³/mol. The number of hydrogen-bond acceptors (Lipinski definition) is 7. The van der Waals surface area contributed by atoms with Gasteiger partial charge in [0.25, 0.3) is 5.56 Å². The summed E-state index contributed by atoms with van der Waals surface area (Å²) in [5.74, 6) is 0.775. The van der Waals surface area contributed by atoms with E-state index < -0.39 is 6.09 Å². The summed E-state index contributed by atoms with van der Waals surface area (Å²) >= 11 is 0. The van der Waals surface area contributed by atoms with Crippen LogP contribution in [0.3, 0.4) is 0 Å². The zero-order valence-corrected chi connectivity index (χ0v) is 19.9. The van der Waals surface area contributed by atoms with Gasteiger partial charge in [0, 0.05) is 63.6 Å². The van der Waals surface area contributed by atoms with E-state index in [0.29, 0.717) is 19.5 Å². The number of amides is 1. The molecule has 10 nitrogen and oxygen atoms in total. The number of fused-ring (bicyclic) bond motifs is 1. The number of likely N-dealkylation sites (tertiary alicyclic amines) is 1. The fourth-order valence-electron chi connectivity index (χ4n) is 4.86. The number of anilines is 2. The van der Waals surface area contributed by atoms with E-state index in [-0.39, 0.29) is 11.6 Å². The molecule has 0 radical (unpaired) electrons. The Morgan fingerprint density at radius 1 is 1.14 bits per heavy atom. The van der Waals surface area contributed by atoms with Crippen molar-refractivity contribution in [2.75, 3.05) is 49.5 Å². The van der Waals surface area contributed by atoms with Crippen molar-refractivity contribution in [2.45, 2.75) is 32.4 Å². The van der Waals surface area contributed by atoms with E-state index in [1.54, 1.807) is 0 Å². The predicted octanol–water partition coefficient (Wildman–Crippen LogP) is 2.37. The van der Waals surface area contributed by atoms with Gasteiger partial charge in [-0.2, -0.15) is 0 Å². The molecule has 2 aliphatic heterocycles. The highest BCUT2D eigenvalue weighted by atomic mass is 16.4. The molecule has 0 aliphatic carbocycles. The molecule has 184 valence electrons. The van der Waals surface area contributed by atoms with E-state index in [4.69, 9.17) is 5.11 Å². The fourth-order valence-corrected chi connectivity index (χ4v) is 4.86. The molecule has 0 spiro atoms. The fraction of sp³-hybridized carbons (Fsp3) is 0.440. The molecular weight excluding hydrogens is 446 g/mol. The summed E-state index contributed by atoms with van der Waals surface area (Å²) in [6, 6.07) is 8.05. The third-order valence-electron chi connectivity index (χ3n) is 6.91. The van der Waals surface area contributed by atoms with Crippen molar-refractivity contribution >= 4 is 28.6 Å². The molecule has 2 aliphatic rings. The van der Waals surface area contributed by atoms with Crippen molar-refractivity contribution in [1.82, 2.24) is 24.8 Å². The minimum Gasteiger partial charge on any atom is -0.465 e. The molecule has 3 aromatic rings. The van der Waals surface area contributed by atoms with E-state index in [9.17, 15) is 9.59 Å². The van der Waals surface area contributed by atoms with E-state index in [0.717, 1.165) is 72.8 Å². The summed E-state index contributed by atoms with van der Waals surface area (Å²) in [7, 11) is 0. The third-order valence-corrected chi connectivity index (χ3v) is 6.91. The Kier molecular flexibility index (Phi) is 6.54. The second-order valence-corrected chi connectivity index (χ2v) is 9.28. The van der Waals surface area contributed by atoms with Crippen molar-refractivity contribution < 1.29 is 9.90 Å². The Hall–Kier alpha value is -3.66. The molecule has 35 heavy (non-hydrogen) atoms. The van der Waals surface area contributed by atoms with Crippen LogP contribution in [0.15, 0.2) is 41.5 Å². The zero-order chi connectivity index (χ0) is 24.4. The van der Waals surface area contributed by atoms with E-state index >= 15 is 0 Å². The van der Waals surface area contributed by atoms with Gasteiger partial charge >= 0.3 is 6.09 Å². The Bertz CT molecular complexity index is 1250. The van der Waals surface area contributed by atoms with Gasteiger partial charge in [-0.15, -0.1) is 0 Å². The van der Waals surface area contributed by atoms with Crippen molar-refractivity contribution in [1.29, 1.82) is 0 Å². The lowest BCUT2D eigenvalue weighted by Crippen LogP contribution is -2.46. The molecule has 3 N–H and O–H groups in total. The highest BCUT2D eigenvalue weighted by molar-refractivity contribution is 5.74. The van der Waals surface area contributed by atoms with Crippen LogP contribution in [0.25, 0.3) is 11.0 Å². The van der Waals surface area contributed by atoms with Gasteiger partial charge in [-0.1, -0.05) is 6.92 Å². The monoisotopic (exact) mass is 477 g/mol. The highest BCUT2D eigenvalue weighted by Crippen LogP contribution is 2.20. The van der Waals surface area contributed by atoms with Crippen molar-refractivity contribution in [3.63, 3.8) is 0 Å². The van der Waals surface area contributed by atoms with E-state index in [1.807, 2.05) is 37.5 Å². The molecule has 0 bridgehead atoms. The number of aromatic nitrogens is 3. The van der Waals surface area contributed by atoms with Crippen molar-refractivity contribution in [2.24, 2.45) is 0 Å². The minimum atomic E-state index is -0.867. The van der Waals surface area contributed by atoms with Crippen molar-refractivity contribution in [3.05, 3.63) is 58.1 Å². The van der Waals surface area contributed by atoms with Gasteiger partial charge in [-0.05, 0) is 42.7 Å². The molecule has 1 atom stereocenters. The van der Waals surface area contributed by atoms with Gasteiger partial charge in [0.05, 0.1) is 22.9 Å². The summed E-state index contributed by atoms with van der Waals surface area (Å²) < 4.78 is 0. The highest BCUT2D eigenvalue weighted by Gasteiger charge is 2.26. The van der Waals surface area contributed by atoms with Gasteiger partial charge in [0.2, 0.25) is 0 Å². The lowest BCUT2D eigenvalue weighted by molar-refractivity contribution is 0.155. The number of carbonyl (C=O) groups is 1. The first-order chi connectivity index (χ1) is 17.0. The Labute approximate surface area is 203 Å². The Morgan fingerprint density at radius 2 is 1.97 bits per heavy atom. The van der Waals surface area contributed by atoms with Crippen LogP contribution in [-0.4, -0.2) is 81.3 Å². The number of nitrogens with one attached hydrogen (secondary N) is 2. The number of H-pyrrole nitrogens is 1. The zero-order valence-electron chi connectivity index (χ0n) is 19.9. The van der Waals surface area contributed by atoms with Crippen LogP contribution in [0.1, 0.15) is 24.5 Å². The largest absolute Gasteiger partial charge is 0.465 e. The summed E-state index contributed by atoms with van der Waals surface area (Å²) in [5.41, 5.74) is 4.52. The van der Waals surface area contributed by atoms with E-state index in [2.05, 4.69) is 36.1 Å². The summed E-state index contributed by atoms with van der Waals surface area (Å²) in [6.07, 6.45) is 4.41. The molecule has 2 fully saturated rings. The third kappa shape index (κ3) is 5.22. The maximum Gasteiger partial charge on any atom is 0.407 e. The van der Waals surface area contributed by atoms with Crippen LogP contribution >= 0.6 is 0 Å². The first-order valence-electron chi connectivity index (χ1n) is 12.2. The number of hydrogen-bond donors (Lipinski definition) is 3. The molecule has 10 heteroatoms. The maximum atomic E-state index is 12.1. The lowest BCUT2D eigenvalue weighted by Gasteiger charge is -2.36. The number of aromatic amines is 1. The lowest BCUT2D eigenvalue weighted by atomic mass is 10.1. The molecular formula is C25H31N7O3. The van der Waals surface area contributed by atoms with Crippen molar-refractivity contribution in [3.8, 4) is 0 Å². The first-order valence-corrected chi connectivity index (χ1v) is 12.2. The number of rotatable bonds is 6. The molecule has 5 heterocycles. The van der Waals surface area contributed by atoms with Crippen LogP contribution in [0, 0.1) is 0 Å². The number of pyridine rings is 3. The van der Waals surface area contributed by atoms with Gasteiger partial charge in [0.15, 0.2) is 0 Å². The Balaban J connectivity index is 1.14. The van der Waals surface area contributed by atoms with Gasteiger partial charge in [-0.25, -0.2) is 9.78 Å². The minimum absolute atomic E-state index is 0.0344. The number of aryl methyl sites for hydroxylation is 1. The van der Waals surface area contributed by atoms with Gasteiger partial charge < -0.3 is 25.2 Å². The second-order valence-electron chi connectivity index (χ2n) is 9.28. The summed E-state index contributed by atoms with van der Waals surface area (Å²) in [4.78, 5) is 41.5. The maximum absolute atomic E-state index is 12.1. The molecule has 0 unspecified atom stereocenters. The topological polar surface area (TPSA) is 118 Å². The number of carboxylic acid groups (broad SMARTS) is 1. The smallest absolute Gasteiger partial charge is 0.407 e. The quantitative estimate of drug-likeness (QED) is 0.495. The average molecular weight is 478 g/mol. The average Bonchev–Trinajstić information content (AvgIpc) is 3.33. The number of piperazine rings is 1. The first kappa shape index (κ1) is 23.1. The molecule has 2 saturated heterocycles. The van der Waals surface area contributed by atoms with Crippen LogP contribution < -0.4 is 15.8 Å². The standard InChI is InChI=1S/C25H31N7O3/c1-2-18-12-21-22(29-24(18)33)11-17(13-26-21)15-30-7-9-31(10-8-30)20-3-4-23(27-14-20)28-19-5-6-32(16-19)25(34)35/h3-4,11-14,19H,2,5-10,15-16H2,1H3,(H,27,28)(H,29,33)(H,34,35)/t19-/m1/s1. The second kappa shape index (κ2) is 9.91. The normalized spacial score (nSPS) is 18.8. The molecule has 1 amide bonds. The van der Waals surface area contributed by atoms with E-state index in [1.165, 1.54) is 4.90 Å². The molecule has 3 aromatic heterocycles. The van der Waals surface area contributed by atoms with Gasteiger partial charge in [-0.3, -0.25) is 14.7 Å². The number of nitrogens with zero attached hydrogens (tertiary/aromatic N) is 5. The molecule has 0 aromatic carbocycles. The Morgan fingerprint density at radius 3 is 2.66 bits per heavy atom. The SMILES string of the molecule is CCc1cc2ncc(CN3CCN(c4ccc(N[C@@H]5CCN(C(=O)O)C5)nc4)CC3)cc2[nH]c1=O. The molecule has 5 rings (SSSR count). The summed E-state index contributed by atoms with van der Waals surface area (Å²) in [5, 5.41) is 12.4. The summed E-state index contributed by atoms with van der Waals surface area (Å²) in [6.45, 7) is 7.48.